The second kappa shape index (κ2) is 8.17. The van der Waals surface area contributed by atoms with Crippen molar-refractivity contribution < 1.29 is 14.3 Å². The zero-order chi connectivity index (χ0) is 16.8. The van der Waals surface area contributed by atoms with Crippen molar-refractivity contribution in [2.75, 3.05) is 44.2 Å². The van der Waals surface area contributed by atoms with Crippen molar-refractivity contribution in [1.82, 2.24) is 10.2 Å². The number of nitrogens with zero attached hydrogens (tertiary/aromatic N) is 2. The number of rotatable bonds is 7. The molecule has 0 atom stereocenters. The number of ether oxygens (including phenoxy) is 1. The number of amides is 1. The van der Waals surface area contributed by atoms with Gasteiger partial charge in [0, 0.05) is 18.1 Å². The van der Waals surface area contributed by atoms with E-state index in [0.29, 0.717) is 23.0 Å². The van der Waals surface area contributed by atoms with Crippen LogP contribution in [0.25, 0.3) is 0 Å². The molecule has 1 aromatic carbocycles. The molecule has 126 valence electrons. The number of esters is 1. The molecule has 0 unspecified atom stereocenters. The maximum Gasteiger partial charge on any atom is 0.331 e. The van der Waals surface area contributed by atoms with E-state index < -0.39 is 0 Å². The van der Waals surface area contributed by atoms with Gasteiger partial charge in [0.05, 0.1) is 12.2 Å². The maximum atomic E-state index is 12.1. The summed E-state index contributed by atoms with van der Waals surface area (Å²) in [6.45, 7) is 7.62. The number of hydrogen-bond donors (Lipinski definition) is 1. The Morgan fingerprint density at radius 2 is 2.13 bits per heavy atom. The minimum Gasteiger partial charge on any atom is -0.423 e. The zero-order valence-electron chi connectivity index (χ0n) is 13.5. The number of nitrogens with one attached hydrogen (secondary N) is 1. The molecular formula is C16H22ClN3O3. The summed E-state index contributed by atoms with van der Waals surface area (Å²) in [4.78, 5) is 27.7. The normalized spacial score (nSPS) is 13.7. The highest BCUT2D eigenvalue weighted by Gasteiger charge is 2.25. The lowest BCUT2D eigenvalue weighted by Gasteiger charge is -2.29. The molecule has 0 bridgehead atoms. The Morgan fingerprint density at radius 3 is 2.83 bits per heavy atom. The largest absolute Gasteiger partial charge is 0.423 e. The van der Waals surface area contributed by atoms with Crippen LogP contribution in [0.1, 0.15) is 13.8 Å². The topological polar surface area (TPSA) is 61.9 Å². The number of hydrogen-bond acceptors (Lipinski definition) is 5. The van der Waals surface area contributed by atoms with Crippen molar-refractivity contribution >= 4 is 29.2 Å². The van der Waals surface area contributed by atoms with E-state index in [0.717, 1.165) is 19.6 Å². The van der Waals surface area contributed by atoms with E-state index in [2.05, 4.69) is 24.1 Å². The van der Waals surface area contributed by atoms with Gasteiger partial charge in [-0.25, -0.2) is 4.79 Å². The molecule has 1 aromatic rings. The summed E-state index contributed by atoms with van der Waals surface area (Å²) < 4.78 is 5.16. The highest BCUT2D eigenvalue weighted by Crippen LogP contribution is 2.34. The number of anilines is 1. The fourth-order valence-corrected chi connectivity index (χ4v) is 2.65. The van der Waals surface area contributed by atoms with Gasteiger partial charge in [-0.2, -0.15) is 0 Å². The summed E-state index contributed by atoms with van der Waals surface area (Å²) in [5, 5.41) is 3.42. The zero-order valence-corrected chi connectivity index (χ0v) is 14.2. The van der Waals surface area contributed by atoms with Crippen molar-refractivity contribution in [1.29, 1.82) is 0 Å². The highest BCUT2D eigenvalue weighted by atomic mass is 35.5. The Morgan fingerprint density at radius 1 is 1.39 bits per heavy atom. The monoisotopic (exact) mass is 339 g/mol. The second-order valence-electron chi connectivity index (χ2n) is 5.32. The molecule has 1 heterocycles. The lowest BCUT2D eigenvalue weighted by Crippen LogP contribution is -2.44. The molecule has 0 aliphatic carbocycles. The van der Waals surface area contributed by atoms with Gasteiger partial charge in [0.25, 0.3) is 0 Å². The third-order valence-corrected chi connectivity index (χ3v) is 4.02. The standard InChI is InChI=1S/C16H22ClN3O3/c1-3-19(4-2)8-7-18-15(21)10-20-11-16(22)23-14-6-5-12(17)9-13(14)20/h5-6,9H,3-4,7-8,10-11H2,1-2H3,(H,18,21). The molecule has 0 aromatic heterocycles. The number of carbonyl (C=O) groups excluding carboxylic acids is 2. The number of halogens is 1. The van der Waals surface area contributed by atoms with E-state index in [-0.39, 0.29) is 25.0 Å². The Bertz CT molecular complexity index is 576. The van der Waals surface area contributed by atoms with Crippen LogP contribution in [0.5, 0.6) is 5.75 Å². The summed E-state index contributed by atoms with van der Waals surface area (Å²) in [6, 6.07) is 4.99. The number of carbonyl (C=O) groups is 2. The summed E-state index contributed by atoms with van der Waals surface area (Å²) in [7, 11) is 0. The van der Waals surface area contributed by atoms with E-state index in [4.69, 9.17) is 16.3 Å². The molecule has 23 heavy (non-hydrogen) atoms. The number of likely N-dealkylation sites (N-methyl/N-ethyl adjacent to an activating group) is 1. The van der Waals surface area contributed by atoms with E-state index >= 15 is 0 Å². The molecule has 0 saturated heterocycles. The Labute approximate surface area is 141 Å². The van der Waals surface area contributed by atoms with Crippen LogP contribution in [0.3, 0.4) is 0 Å². The molecule has 2 rings (SSSR count). The van der Waals surface area contributed by atoms with Crippen molar-refractivity contribution in [3.63, 3.8) is 0 Å². The lowest BCUT2D eigenvalue weighted by molar-refractivity contribution is -0.133. The lowest BCUT2D eigenvalue weighted by atomic mass is 10.2. The van der Waals surface area contributed by atoms with E-state index in [1.807, 2.05) is 0 Å². The van der Waals surface area contributed by atoms with E-state index in [9.17, 15) is 9.59 Å². The fraction of sp³-hybridized carbons (Fsp3) is 0.500. The van der Waals surface area contributed by atoms with Crippen LogP contribution >= 0.6 is 11.6 Å². The van der Waals surface area contributed by atoms with Gasteiger partial charge >= 0.3 is 5.97 Å². The van der Waals surface area contributed by atoms with Gasteiger partial charge in [-0.1, -0.05) is 25.4 Å². The molecule has 6 nitrogen and oxygen atoms in total. The first-order valence-electron chi connectivity index (χ1n) is 7.77. The fourth-order valence-electron chi connectivity index (χ4n) is 2.48. The van der Waals surface area contributed by atoms with Gasteiger partial charge < -0.3 is 19.9 Å². The van der Waals surface area contributed by atoms with E-state index in [1.165, 1.54) is 0 Å². The highest BCUT2D eigenvalue weighted by molar-refractivity contribution is 6.31. The minimum absolute atomic E-state index is 0.0385. The van der Waals surface area contributed by atoms with Crippen molar-refractivity contribution in [3.05, 3.63) is 23.2 Å². The molecule has 0 fully saturated rings. The molecule has 1 aliphatic rings. The quantitative estimate of drug-likeness (QED) is 0.603. The number of fused-ring (bicyclic) bond motifs is 1. The molecular weight excluding hydrogens is 318 g/mol. The molecule has 0 saturated carbocycles. The number of benzene rings is 1. The van der Waals surface area contributed by atoms with Crippen molar-refractivity contribution in [2.45, 2.75) is 13.8 Å². The van der Waals surface area contributed by atoms with Gasteiger partial charge in [-0.3, -0.25) is 4.79 Å². The first kappa shape index (κ1) is 17.6. The summed E-state index contributed by atoms with van der Waals surface area (Å²) >= 11 is 5.99. The van der Waals surface area contributed by atoms with Gasteiger partial charge in [0.1, 0.15) is 6.54 Å². The van der Waals surface area contributed by atoms with Crippen LogP contribution in [-0.2, 0) is 9.59 Å². The van der Waals surface area contributed by atoms with Crippen LogP contribution in [0, 0.1) is 0 Å². The summed E-state index contributed by atoms with van der Waals surface area (Å²) in [5.74, 6) is -0.0739. The van der Waals surface area contributed by atoms with Crippen LogP contribution in [0.4, 0.5) is 5.69 Å². The Balaban J connectivity index is 1.93. The molecule has 1 aliphatic heterocycles. The molecule has 0 radical (unpaired) electrons. The Hall–Kier alpha value is -1.79. The van der Waals surface area contributed by atoms with Gasteiger partial charge in [0.15, 0.2) is 5.75 Å². The average molecular weight is 340 g/mol. The van der Waals surface area contributed by atoms with Crippen LogP contribution < -0.4 is 15.0 Å². The SMILES string of the molecule is CCN(CC)CCNC(=O)CN1CC(=O)Oc2ccc(Cl)cc21. The third kappa shape index (κ3) is 4.84. The van der Waals surface area contributed by atoms with Gasteiger partial charge in [0.2, 0.25) is 5.91 Å². The maximum absolute atomic E-state index is 12.1. The smallest absolute Gasteiger partial charge is 0.331 e. The second-order valence-corrected chi connectivity index (χ2v) is 5.76. The Kier molecular flexibility index (Phi) is 6.24. The average Bonchev–Trinajstić information content (AvgIpc) is 2.52. The minimum atomic E-state index is -0.379. The molecule has 0 spiro atoms. The first-order valence-corrected chi connectivity index (χ1v) is 8.15. The van der Waals surface area contributed by atoms with Crippen molar-refractivity contribution in [2.24, 2.45) is 0 Å². The van der Waals surface area contributed by atoms with Gasteiger partial charge in [-0.15, -0.1) is 0 Å². The first-order chi connectivity index (χ1) is 11.0. The molecule has 1 amide bonds. The van der Waals surface area contributed by atoms with Crippen LogP contribution in [0.15, 0.2) is 18.2 Å². The summed E-state index contributed by atoms with van der Waals surface area (Å²) in [5.41, 5.74) is 0.663. The van der Waals surface area contributed by atoms with Gasteiger partial charge in [-0.05, 0) is 31.3 Å². The molecule has 1 N–H and O–H groups in total. The molecule has 7 heteroatoms. The predicted octanol–water partition coefficient (Wildman–Crippen LogP) is 1.52. The third-order valence-electron chi connectivity index (χ3n) is 3.78. The predicted molar refractivity (Wildman–Crippen MR) is 90.1 cm³/mol. The van der Waals surface area contributed by atoms with Crippen molar-refractivity contribution in [3.8, 4) is 5.75 Å². The summed E-state index contributed by atoms with van der Waals surface area (Å²) in [6.07, 6.45) is 0. The van der Waals surface area contributed by atoms with Crippen LogP contribution in [-0.4, -0.2) is 56.0 Å². The van der Waals surface area contributed by atoms with Crippen LogP contribution in [0.2, 0.25) is 5.02 Å². The van der Waals surface area contributed by atoms with E-state index in [1.54, 1.807) is 23.1 Å².